The molecular formula is C19H19N. The summed E-state index contributed by atoms with van der Waals surface area (Å²) in [5, 5.41) is 1.20. The van der Waals surface area contributed by atoms with E-state index in [0.717, 1.165) is 11.2 Å². The minimum atomic E-state index is 0.545. The van der Waals surface area contributed by atoms with Crippen molar-refractivity contribution in [2.24, 2.45) is 0 Å². The van der Waals surface area contributed by atoms with Crippen molar-refractivity contribution in [3.8, 4) is 11.1 Å². The molecule has 0 N–H and O–H groups in total. The molecule has 0 aliphatic heterocycles. The maximum Gasteiger partial charge on any atom is 0.0705 e. The second-order valence-corrected chi connectivity index (χ2v) is 5.59. The summed E-state index contributed by atoms with van der Waals surface area (Å²) in [6.45, 7) is 6.54. The van der Waals surface area contributed by atoms with Crippen LogP contribution in [0.3, 0.4) is 0 Å². The summed E-state index contributed by atoms with van der Waals surface area (Å²) in [7, 11) is 0. The van der Waals surface area contributed by atoms with Crippen LogP contribution in [0.2, 0.25) is 0 Å². The zero-order chi connectivity index (χ0) is 14.1. The molecule has 100 valence electrons. The fourth-order valence-corrected chi connectivity index (χ4v) is 2.57. The van der Waals surface area contributed by atoms with Crippen molar-refractivity contribution in [1.29, 1.82) is 0 Å². The van der Waals surface area contributed by atoms with Crippen LogP contribution in [-0.2, 0) is 0 Å². The Kier molecular flexibility index (Phi) is 3.27. The highest BCUT2D eigenvalue weighted by atomic mass is 14.7. The second kappa shape index (κ2) is 5.09. The first kappa shape index (κ1) is 12.9. The lowest BCUT2D eigenvalue weighted by Crippen LogP contribution is -1.92. The molecule has 0 fully saturated rings. The van der Waals surface area contributed by atoms with Crippen molar-refractivity contribution >= 4 is 10.9 Å². The van der Waals surface area contributed by atoms with E-state index < -0.39 is 0 Å². The van der Waals surface area contributed by atoms with Gasteiger partial charge in [0.2, 0.25) is 0 Å². The molecule has 2 aromatic carbocycles. The molecule has 0 atom stereocenters. The van der Waals surface area contributed by atoms with Gasteiger partial charge in [0.05, 0.1) is 5.52 Å². The Labute approximate surface area is 120 Å². The Hall–Kier alpha value is -2.15. The maximum atomic E-state index is 4.73. The molecule has 1 nitrogen and oxygen atoms in total. The number of aromatic nitrogens is 1. The average Bonchev–Trinajstić information content (AvgIpc) is 2.46. The summed E-state index contributed by atoms with van der Waals surface area (Å²) in [4.78, 5) is 4.73. The average molecular weight is 261 g/mol. The van der Waals surface area contributed by atoms with Crippen LogP contribution in [0, 0.1) is 6.92 Å². The van der Waals surface area contributed by atoms with Crippen LogP contribution >= 0.6 is 0 Å². The van der Waals surface area contributed by atoms with E-state index >= 15 is 0 Å². The molecule has 1 aromatic heterocycles. The first-order chi connectivity index (χ1) is 9.65. The molecule has 0 saturated heterocycles. The molecule has 0 aliphatic rings. The molecule has 3 aromatic rings. The van der Waals surface area contributed by atoms with Crippen LogP contribution in [-0.4, -0.2) is 4.98 Å². The number of rotatable bonds is 2. The highest BCUT2D eigenvalue weighted by Crippen LogP contribution is 2.28. The molecular weight excluding hydrogens is 242 g/mol. The standard InChI is InChI=1S/C19H19N/c1-13(2)15-8-6-9-16(11-15)18-12-17-7-4-5-10-19(17)20-14(18)3/h4-13H,1-3H3. The highest BCUT2D eigenvalue weighted by Gasteiger charge is 2.07. The van der Waals surface area contributed by atoms with Gasteiger partial charge < -0.3 is 0 Å². The minimum absolute atomic E-state index is 0.545. The zero-order valence-corrected chi connectivity index (χ0v) is 12.2. The highest BCUT2D eigenvalue weighted by molar-refractivity contribution is 5.84. The van der Waals surface area contributed by atoms with Gasteiger partial charge in [0.15, 0.2) is 0 Å². The topological polar surface area (TPSA) is 12.9 Å². The third kappa shape index (κ3) is 2.32. The molecule has 1 heterocycles. The smallest absolute Gasteiger partial charge is 0.0705 e. The predicted molar refractivity (Wildman–Crippen MR) is 86.0 cm³/mol. The summed E-state index contributed by atoms with van der Waals surface area (Å²) in [5.74, 6) is 0.545. The molecule has 0 aliphatic carbocycles. The lowest BCUT2D eigenvalue weighted by atomic mass is 9.96. The number of hydrogen-bond donors (Lipinski definition) is 0. The summed E-state index contributed by atoms with van der Waals surface area (Å²) in [6.07, 6.45) is 0. The van der Waals surface area contributed by atoms with Crippen LogP contribution in [0.25, 0.3) is 22.0 Å². The fraction of sp³-hybridized carbons (Fsp3) is 0.211. The first-order valence-electron chi connectivity index (χ1n) is 7.12. The minimum Gasteiger partial charge on any atom is -0.252 e. The summed E-state index contributed by atoms with van der Waals surface area (Å²) < 4.78 is 0. The number of para-hydroxylation sites is 1. The molecule has 20 heavy (non-hydrogen) atoms. The lowest BCUT2D eigenvalue weighted by molar-refractivity contribution is 0.867. The zero-order valence-electron chi connectivity index (χ0n) is 12.2. The number of hydrogen-bond acceptors (Lipinski definition) is 1. The Bertz CT molecular complexity index is 757. The van der Waals surface area contributed by atoms with Crippen molar-refractivity contribution in [1.82, 2.24) is 4.98 Å². The molecule has 0 spiro atoms. The van der Waals surface area contributed by atoms with Gasteiger partial charge in [-0.25, -0.2) is 0 Å². The Balaban J connectivity index is 2.18. The summed E-state index contributed by atoms with van der Waals surface area (Å²) in [6, 6.07) is 19.3. The number of fused-ring (bicyclic) bond motifs is 1. The first-order valence-corrected chi connectivity index (χ1v) is 7.12. The normalized spacial score (nSPS) is 11.2. The van der Waals surface area contributed by atoms with Crippen molar-refractivity contribution in [2.45, 2.75) is 26.7 Å². The van der Waals surface area contributed by atoms with Gasteiger partial charge in [-0.3, -0.25) is 4.98 Å². The molecule has 0 saturated carbocycles. The van der Waals surface area contributed by atoms with Gasteiger partial charge in [-0.05, 0) is 36.1 Å². The van der Waals surface area contributed by atoms with E-state index in [1.807, 2.05) is 6.07 Å². The number of aryl methyl sites for hydroxylation is 1. The van der Waals surface area contributed by atoms with Gasteiger partial charge in [-0.1, -0.05) is 56.3 Å². The van der Waals surface area contributed by atoms with Gasteiger partial charge in [0.1, 0.15) is 0 Å². The Morgan fingerprint density at radius 2 is 1.70 bits per heavy atom. The second-order valence-electron chi connectivity index (χ2n) is 5.59. The summed E-state index contributed by atoms with van der Waals surface area (Å²) in [5.41, 5.74) is 6.01. The van der Waals surface area contributed by atoms with Crippen LogP contribution < -0.4 is 0 Å². The van der Waals surface area contributed by atoms with E-state index in [-0.39, 0.29) is 0 Å². The van der Waals surface area contributed by atoms with Gasteiger partial charge >= 0.3 is 0 Å². The molecule has 3 rings (SSSR count). The van der Waals surface area contributed by atoms with E-state index in [1.54, 1.807) is 0 Å². The third-order valence-corrected chi connectivity index (χ3v) is 3.78. The largest absolute Gasteiger partial charge is 0.252 e. The predicted octanol–water partition coefficient (Wildman–Crippen LogP) is 5.33. The van der Waals surface area contributed by atoms with Gasteiger partial charge in [0.25, 0.3) is 0 Å². The summed E-state index contributed by atoms with van der Waals surface area (Å²) >= 11 is 0. The third-order valence-electron chi connectivity index (χ3n) is 3.78. The quantitative estimate of drug-likeness (QED) is 0.607. The number of nitrogens with zero attached hydrogens (tertiary/aromatic N) is 1. The van der Waals surface area contributed by atoms with Crippen LogP contribution in [0.1, 0.15) is 31.0 Å². The number of benzene rings is 2. The van der Waals surface area contributed by atoms with E-state index in [0.29, 0.717) is 5.92 Å². The SMILES string of the molecule is Cc1nc2ccccc2cc1-c1cccc(C(C)C)c1. The number of pyridine rings is 1. The molecule has 0 unspecified atom stereocenters. The van der Waals surface area contributed by atoms with Gasteiger partial charge in [0, 0.05) is 16.6 Å². The lowest BCUT2D eigenvalue weighted by Gasteiger charge is -2.11. The molecule has 0 radical (unpaired) electrons. The van der Waals surface area contributed by atoms with E-state index in [4.69, 9.17) is 4.98 Å². The van der Waals surface area contributed by atoms with Crippen LogP contribution in [0.4, 0.5) is 0 Å². The maximum absolute atomic E-state index is 4.73. The van der Waals surface area contributed by atoms with Crippen molar-refractivity contribution < 1.29 is 0 Å². The van der Waals surface area contributed by atoms with Crippen LogP contribution in [0.15, 0.2) is 54.6 Å². The van der Waals surface area contributed by atoms with Gasteiger partial charge in [-0.15, -0.1) is 0 Å². The Morgan fingerprint density at radius 3 is 2.50 bits per heavy atom. The van der Waals surface area contributed by atoms with E-state index in [9.17, 15) is 0 Å². The monoisotopic (exact) mass is 261 g/mol. The van der Waals surface area contributed by atoms with Gasteiger partial charge in [-0.2, -0.15) is 0 Å². The molecule has 0 bridgehead atoms. The fourth-order valence-electron chi connectivity index (χ4n) is 2.57. The Morgan fingerprint density at radius 1 is 0.900 bits per heavy atom. The van der Waals surface area contributed by atoms with Crippen molar-refractivity contribution in [3.63, 3.8) is 0 Å². The van der Waals surface area contributed by atoms with Crippen molar-refractivity contribution in [3.05, 3.63) is 65.9 Å². The molecule has 0 amide bonds. The van der Waals surface area contributed by atoms with Crippen LogP contribution in [0.5, 0.6) is 0 Å². The molecule has 1 heteroatoms. The van der Waals surface area contributed by atoms with Crippen molar-refractivity contribution in [2.75, 3.05) is 0 Å². The van der Waals surface area contributed by atoms with E-state index in [1.165, 1.54) is 22.1 Å². The van der Waals surface area contributed by atoms with E-state index in [2.05, 4.69) is 69.3 Å².